The lowest BCUT2D eigenvalue weighted by Gasteiger charge is -2.09. The highest BCUT2D eigenvalue weighted by atomic mass is 16.4. The largest absolute Gasteiger partial charge is 0.437 e. The fourth-order valence-electron chi connectivity index (χ4n) is 2.37. The summed E-state index contributed by atoms with van der Waals surface area (Å²) in [4.78, 5) is 23.8. The zero-order valence-electron chi connectivity index (χ0n) is 13.5. The van der Waals surface area contributed by atoms with E-state index < -0.39 is 11.4 Å². The Kier molecular flexibility index (Phi) is 4.75. The summed E-state index contributed by atoms with van der Waals surface area (Å²) in [5, 5.41) is 14.8. The van der Waals surface area contributed by atoms with E-state index in [1.807, 2.05) is 18.2 Å². The molecule has 25 heavy (non-hydrogen) atoms. The number of aromatic nitrogens is 2. The maximum atomic E-state index is 12.0. The predicted molar refractivity (Wildman–Crippen MR) is 89.5 cm³/mol. The summed E-state index contributed by atoms with van der Waals surface area (Å²) in [6.07, 6.45) is 7.10. The van der Waals surface area contributed by atoms with Gasteiger partial charge in [0.15, 0.2) is 5.66 Å². The second kappa shape index (κ2) is 7.13. The molecule has 0 bridgehead atoms. The van der Waals surface area contributed by atoms with Crippen molar-refractivity contribution in [3.8, 4) is 23.8 Å². The summed E-state index contributed by atoms with van der Waals surface area (Å²) in [5.74, 6) is 1.73. The number of terminal acetylenes is 1. The first-order chi connectivity index (χ1) is 12.1. The van der Waals surface area contributed by atoms with Crippen molar-refractivity contribution in [3.63, 3.8) is 0 Å². The molecule has 8 heteroatoms. The Hall–Kier alpha value is -3.21. The number of nitrogens with zero attached hydrogens (tertiary/aromatic N) is 4. The molecule has 0 fully saturated rings. The smallest absolute Gasteiger partial charge is 0.388 e. The summed E-state index contributed by atoms with van der Waals surface area (Å²) in [5.41, 5.74) is 0.233. The van der Waals surface area contributed by atoms with E-state index >= 15 is 0 Å². The molecule has 0 unspecified atom stereocenters. The fourth-order valence-corrected chi connectivity index (χ4v) is 2.37. The minimum absolute atomic E-state index is 0.183. The summed E-state index contributed by atoms with van der Waals surface area (Å²) in [6, 6.07) is 9.01. The zero-order chi connectivity index (χ0) is 17.7. The highest BCUT2D eigenvalue weighted by molar-refractivity contribution is 5.75. The molecule has 0 spiro atoms. The molecule has 1 aromatic carbocycles. The molecule has 1 aliphatic rings. The third-order valence-electron chi connectivity index (χ3n) is 3.82. The van der Waals surface area contributed by atoms with Gasteiger partial charge in [-0.15, -0.1) is 17.4 Å². The van der Waals surface area contributed by atoms with Gasteiger partial charge < -0.3 is 9.73 Å². The first-order valence-electron chi connectivity index (χ1n) is 7.89. The number of amides is 1. The fraction of sp³-hybridized carbons (Fsp3) is 0.353. The molecule has 0 saturated heterocycles. The highest BCUT2D eigenvalue weighted by Crippen LogP contribution is 2.35. The quantitative estimate of drug-likeness (QED) is 0.738. The maximum absolute atomic E-state index is 12.0. The van der Waals surface area contributed by atoms with Gasteiger partial charge in [-0.3, -0.25) is 4.79 Å². The Bertz CT molecular complexity index is 870. The lowest BCUT2D eigenvalue weighted by Crippen LogP contribution is -2.33. The van der Waals surface area contributed by atoms with Crippen LogP contribution < -0.4 is 11.1 Å². The van der Waals surface area contributed by atoms with Crippen LogP contribution in [0.15, 0.2) is 49.8 Å². The topological polar surface area (TPSA) is 102 Å². The van der Waals surface area contributed by atoms with Gasteiger partial charge in [0, 0.05) is 31.4 Å². The van der Waals surface area contributed by atoms with Crippen LogP contribution in [-0.2, 0) is 11.3 Å². The van der Waals surface area contributed by atoms with Gasteiger partial charge >= 0.3 is 5.76 Å². The van der Waals surface area contributed by atoms with Crippen molar-refractivity contribution in [2.75, 3.05) is 6.54 Å². The molecule has 1 aromatic heterocycles. The Morgan fingerprint density at radius 3 is 2.72 bits per heavy atom. The van der Waals surface area contributed by atoms with Gasteiger partial charge in [-0.1, -0.05) is 18.2 Å². The van der Waals surface area contributed by atoms with E-state index in [0.717, 1.165) is 4.68 Å². The maximum Gasteiger partial charge on any atom is 0.437 e. The van der Waals surface area contributed by atoms with Crippen LogP contribution in [0.5, 0.6) is 0 Å². The zero-order valence-corrected chi connectivity index (χ0v) is 13.5. The van der Waals surface area contributed by atoms with E-state index in [1.165, 1.54) is 0 Å². The van der Waals surface area contributed by atoms with Crippen LogP contribution in [0.3, 0.4) is 0 Å². The molecule has 3 rings (SSSR count). The lowest BCUT2D eigenvalue weighted by molar-refractivity contribution is -0.121. The molecular weight excluding hydrogens is 322 g/mol. The van der Waals surface area contributed by atoms with Crippen molar-refractivity contribution in [1.29, 1.82) is 0 Å². The number of nitrogens with one attached hydrogen (secondary N) is 1. The van der Waals surface area contributed by atoms with Crippen molar-refractivity contribution < 1.29 is 9.21 Å². The molecule has 128 valence electrons. The van der Waals surface area contributed by atoms with Crippen LogP contribution in [0.4, 0.5) is 0 Å². The Morgan fingerprint density at radius 1 is 1.28 bits per heavy atom. The number of rotatable bonds is 8. The van der Waals surface area contributed by atoms with Gasteiger partial charge in [-0.2, -0.15) is 14.9 Å². The molecular formula is C17H17N5O3. The molecule has 1 N–H and O–H groups in total. The van der Waals surface area contributed by atoms with Crippen LogP contribution in [0.1, 0.15) is 19.3 Å². The van der Waals surface area contributed by atoms with E-state index in [9.17, 15) is 9.59 Å². The second-order valence-electron chi connectivity index (χ2n) is 5.68. The third kappa shape index (κ3) is 4.20. The Labute approximate surface area is 143 Å². The molecule has 0 atom stereocenters. The summed E-state index contributed by atoms with van der Waals surface area (Å²) < 4.78 is 6.08. The van der Waals surface area contributed by atoms with Gasteiger partial charge in [-0.25, -0.2) is 4.79 Å². The van der Waals surface area contributed by atoms with Crippen LogP contribution in [0.25, 0.3) is 11.5 Å². The van der Waals surface area contributed by atoms with Gasteiger partial charge in [0.25, 0.3) is 0 Å². The van der Waals surface area contributed by atoms with Gasteiger partial charge in [0.05, 0.1) is 0 Å². The standard InChI is InChI=1S/C17H17N5O3/c1-2-3-9-17(20-21-17)10-11-18-14(23)12-22-16(24)25-15(19-22)13-7-5-4-6-8-13/h1,4-8H,3,9-12H2,(H,18,23). The minimum atomic E-state index is -0.674. The Morgan fingerprint density at radius 2 is 2.04 bits per heavy atom. The van der Waals surface area contributed by atoms with E-state index in [-0.39, 0.29) is 18.3 Å². The van der Waals surface area contributed by atoms with Crippen molar-refractivity contribution in [2.24, 2.45) is 10.2 Å². The molecule has 0 radical (unpaired) electrons. The average molecular weight is 339 g/mol. The minimum Gasteiger partial charge on any atom is -0.388 e. The molecule has 1 aliphatic heterocycles. The van der Waals surface area contributed by atoms with E-state index in [4.69, 9.17) is 10.8 Å². The van der Waals surface area contributed by atoms with Gasteiger partial charge in [0.2, 0.25) is 11.8 Å². The van der Waals surface area contributed by atoms with E-state index in [2.05, 4.69) is 26.6 Å². The molecule has 2 heterocycles. The SMILES string of the molecule is C#CCCC1(CCNC(=O)Cn2nc(-c3ccccc3)oc2=O)N=N1. The molecule has 1 amide bonds. The highest BCUT2D eigenvalue weighted by Gasteiger charge is 2.38. The van der Waals surface area contributed by atoms with Gasteiger partial charge in [-0.05, 0) is 12.1 Å². The first-order valence-corrected chi connectivity index (χ1v) is 7.89. The summed E-state index contributed by atoms with van der Waals surface area (Å²) >= 11 is 0. The lowest BCUT2D eigenvalue weighted by atomic mass is 10.0. The number of carbonyl (C=O) groups excluding carboxylic acids is 1. The molecule has 0 aliphatic carbocycles. The normalized spacial score (nSPS) is 14.0. The van der Waals surface area contributed by atoms with Crippen LogP contribution in [0.2, 0.25) is 0 Å². The molecule has 2 aromatic rings. The van der Waals surface area contributed by atoms with Crippen molar-refractivity contribution >= 4 is 5.91 Å². The Balaban J connectivity index is 1.51. The van der Waals surface area contributed by atoms with E-state index in [1.54, 1.807) is 12.1 Å². The van der Waals surface area contributed by atoms with Crippen molar-refractivity contribution in [1.82, 2.24) is 15.1 Å². The predicted octanol–water partition coefficient (Wildman–Crippen LogP) is 1.59. The van der Waals surface area contributed by atoms with Gasteiger partial charge in [0.1, 0.15) is 6.54 Å². The van der Waals surface area contributed by atoms with Crippen LogP contribution in [0, 0.1) is 12.3 Å². The van der Waals surface area contributed by atoms with Crippen molar-refractivity contribution in [3.05, 3.63) is 40.9 Å². The molecule has 0 saturated carbocycles. The first kappa shape index (κ1) is 16.6. The summed E-state index contributed by atoms with van der Waals surface area (Å²) in [7, 11) is 0. The number of hydrogen-bond donors (Lipinski definition) is 1. The second-order valence-corrected chi connectivity index (χ2v) is 5.68. The summed E-state index contributed by atoms with van der Waals surface area (Å²) in [6.45, 7) is 0.190. The number of hydrogen-bond acceptors (Lipinski definition) is 6. The van der Waals surface area contributed by atoms with Crippen molar-refractivity contribution in [2.45, 2.75) is 31.5 Å². The number of carbonyl (C=O) groups is 1. The average Bonchev–Trinajstić information content (AvgIpc) is 3.30. The monoisotopic (exact) mass is 339 g/mol. The number of benzene rings is 1. The van der Waals surface area contributed by atoms with E-state index in [0.29, 0.717) is 31.4 Å². The van der Waals surface area contributed by atoms with Crippen LogP contribution in [-0.4, -0.2) is 27.9 Å². The van der Waals surface area contributed by atoms with Crippen LogP contribution >= 0.6 is 0 Å². The molecule has 8 nitrogen and oxygen atoms in total. The third-order valence-corrected chi connectivity index (χ3v) is 3.82.